The van der Waals surface area contributed by atoms with Crippen molar-refractivity contribution in [2.45, 2.75) is 31.2 Å². The first-order valence-corrected chi connectivity index (χ1v) is 7.05. The van der Waals surface area contributed by atoms with Gasteiger partial charge in [0.05, 0.1) is 6.04 Å². The Morgan fingerprint density at radius 2 is 2.05 bits per heavy atom. The molecular formula is C15H18N2O3. The van der Waals surface area contributed by atoms with Gasteiger partial charge in [0.1, 0.15) is 5.92 Å². The largest absolute Gasteiger partial charge is 0.481 e. The molecule has 0 aromatic heterocycles. The fourth-order valence-corrected chi connectivity index (χ4v) is 3.08. The van der Waals surface area contributed by atoms with E-state index in [1.165, 1.54) is 0 Å². The molecule has 2 atom stereocenters. The van der Waals surface area contributed by atoms with Crippen molar-refractivity contribution in [3.8, 4) is 0 Å². The quantitative estimate of drug-likeness (QED) is 0.854. The first-order chi connectivity index (χ1) is 9.68. The summed E-state index contributed by atoms with van der Waals surface area (Å²) in [5.41, 5.74) is 1.49. The molecule has 20 heavy (non-hydrogen) atoms. The second-order valence-corrected chi connectivity index (χ2v) is 5.40. The molecule has 1 amide bonds. The Morgan fingerprint density at radius 3 is 2.75 bits per heavy atom. The second kappa shape index (κ2) is 5.25. The van der Waals surface area contributed by atoms with Crippen LogP contribution in [0.1, 0.15) is 30.7 Å². The summed E-state index contributed by atoms with van der Waals surface area (Å²) in [5, 5.41) is 12.5. The zero-order valence-electron chi connectivity index (χ0n) is 11.2. The Balaban J connectivity index is 1.87. The van der Waals surface area contributed by atoms with E-state index < -0.39 is 11.9 Å². The molecular weight excluding hydrogens is 256 g/mol. The van der Waals surface area contributed by atoms with Gasteiger partial charge in [-0.25, -0.2) is 0 Å². The molecule has 0 saturated carbocycles. The first kappa shape index (κ1) is 13.1. The molecule has 5 heteroatoms. The molecule has 1 saturated heterocycles. The van der Waals surface area contributed by atoms with Gasteiger partial charge in [-0.05, 0) is 31.0 Å². The van der Waals surface area contributed by atoms with Gasteiger partial charge in [-0.1, -0.05) is 24.6 Å². The van der Waals surface area contributed by atoms with E-state index in [0.29, 0.717) is 0 Å². The number of rotatable bonds is 2. The fourth-order valence-electron chi connectivity index (χ4n) is 3.08. The van der Waals surface area contributed by atoms with E-state index in [4.69, 9.17) is 0 Å². The van der Waals surface area contributed by atoms with Gasteiger partial charge in [-0.2, -0.15) is 0 Å². The van der Waals surface area contributed by atoms with Gasteiger partial charge in [0, 0.05) is 12.2 Å². The highest BCUT2D eigenvalue weighted by atomic mass is 16.4. The van der Waals surface area contributed by atoms with E-state index in [0.717, 1.165) is 37.1 Å². The molecule has 5 nitrogen and oxygen atoms in total. The molecule has 0 spiro atoms. The Morgan fingerprint density at radius 1 is 1.25 bits per heavy atom. The number of carboxylic acid groups (broad SMARTS) is 1. The number of amides is 1. The monoisotopic (exact) mass is 274 g/mol. The molecule has 0 bridgehead atoms. The Hall–Kier alpha value is -1.88. The van der Waals surface area contributed by atoms with Crippen LogP contribution in [-0.4, -0.2) is 36.1 Å². The minimum Gasteiger partial charge on any atom is -0.481 e. The number of fused-ring (bicyclic) bond motifs is 1. The van der Waals surface area contributed by atoms with E-state index in [9.17, 15) is 14.7 Å². The molecule has 0 radical (unpaired) electrons. The summed E-state index contributed by atoms with van der Waals surface area (Å²) in [6.07, 6.45) is 2.97. The van der Waals surface area contributed by atoms with Crippen LogP contribution in [0.2, 0.25) is 0 Å². The van der Waals surface area contributed by atoms with Gasteiger partial charge in [-0.3, -0.25) is 9.59 Å². The number of hydrogen-bond acceptors (Lipinski definition) is 3. The van der Waals surface area contributed by atoms with Gasteiger partial charge >= 0.3 is 5.97 Å². The second-order valence-electron chi connectivity index (χ2n) is 5.40. The van der Waals surface area contributed by atoms with E-state index in [1.807, 2.05) is 18.2 Å². The molecule has 0 aliphatic carbocycles. The number of para-hydroxylation sites is 1. The summed E-state index contributed by atoms with van der Waals surface area (Å²) in [7, 11) is 0. The fraction of sp³-hybridized carbons (Fsp3) is 0.467. The molecule has 2 heterocycles. The van der Waals surface area contributed by atoms with Crippen LogP contribution in [-0.2, 0) is 9.59 Å². The number of carboxylic acids is 1. The molecule has 1 aromatic carbocycles. The Labute approximate surface area is 117 Å². The van der Waals surface area contributed by atoms with Crippen LogP contribution in [0.25, 0.3) is 0 Å². The van der Waals surface area contributed by atoms with Crippen LogP contribution >= 0.6 is 0 Å². The summed E-state index contributed by atoms with van der Waals surface area (Å²) in [6.45, 7) is 1.10. The lowest BCUT2D eigenvalue weighted by molar-refractivity contribution is -0.138. The Kier molecular flexibility index (Phi) is 3.44. The third kappa shape index (κ3) is 2.18. The average molecular weight is 274 g/mol. The molecule has 1 unspecified atom stereocenters. The van der Waals surface area contributed by atoms with Crippen molar-refractivity contribution in [2.24, 2.45) is 0 Å². The van der Waals surface area contributed by atoms with Crippen LogP contribution in [0.3, 0.4) is 0 Å². The third-order valence-electron chi connectivity index (χ3n) is 4.14. The molecule has 106 valence electrons. The van der Waals surface area contributed by atoms with Crippen LogP contribution in [0.4, 0.5) is 5.69 Å². The Bertz CT molecular complexity index is 538. The van der Waals surface area contributed by atoms with Crippen molar-refractivity contribution >= 4 is 17.6 Å². The van der Waals surface area contributed by atoms with Crippen molar-refractivity contribution in [3.63, 3.8) is 0 Å². The summed E-state index contributed by atoms with van der Waals surface area (Å²) in [6, 6.07) is 7.12. The van der Waals surface area contributed by atoms with Crippen molar-refractivity contribution in [1.29, 1.82) is 0 Å². The molecule has 3 rings (SSSR count). The van der Waals surface area contributed by atoms with Crippen LogP contribution in [0.15, 0.2) is 24.3 Å². The minimum absolute atomic E-state index is 0.000833. The number of anilines is 1. The topological polar surface area (TPSA) is 69.6 Å². The maximum atomic E-state index is 12.6. The normalized spacial score (nSPS) is 25.3. The highest BCUT2D eigenvalue weighted by molar-refractivity contribution is 6.01. The first-order valence-electron chi connectivity index (χ1n) is 7.05. The summed E-state index contributed by atoms with van der Waals surface area (Å²) in [4.78, 5) is 25.6. The van der Waals surface area contributed by atoms with E-state index in [-0.39, 0.29) is 18.5 Å². The predicted molar refractivity (Wildman–Crippen MR) is 74.8 cm³/mol. The highest BCUT2D eigenvalue weighted by Gasteiger charge is 2.38. The third-order valence-corrected chi connectivity index (χ3v) is 4.14. The van der Waals surface area contributed by atoms with Crippen LogP contribution in [0, 0.1) is 0 Å². The maximum Gasteiger partial charge on any atom is 0.312 e. The standard InChI is InChI=1S/C15H18N2O3/c18-14(12-6-3-4-8-16-12)17-9-11(15(19)20)10-5-1-2-7-13(10)17/h1-2,5,7,11-12,16H,3-4,6,8-9H2,(H,19,20)/t11?,12-/m1/s1. The van der Waals surface area contributed by atoms with Gasteiger partial charge < -0.3 is 15.3 Å². The van der Waals surface area contributed by atoms with Crippen LogP contribution < -0.4 is 10.2 Å². The van der Waals surface area contributed by atoms with Crippen molar-refractivity contribution in [1.82, 2.24) is 5.32 Å². The number of nitrogens with zero attached hydrogens (tertiary/aromatic N) is 1. The molecule has 2 aliphatic heterocycles. The highest BCUT2D eigenvalue weighted by Crippen LogP contribution is 2.36. The number of carbonyl (C=O) groups excluding carboxylic acids is 1. The van der Waals surface area contributed by atoms with Gasteiger partial charge in [0.15, 0.2) is 0 Å². The van der Waals surface area contributed by atoms with Crippen molar-refractivity contribution in [2.75, 3.05) is 18.0 Å². The zero-order valence-corrected chi connectivity index (χ0v) is 11.2. The van der Waals surface area contributed by atoms with Crippen molar-refractivity contribution in [3.05, 3.63) is 29.8 Å². The number of nitrogens with one attached hydrogen (secondary N) is 1. The summed E-state index contributed by atoms with van der Waals surface area (Å²) >= 11 is 0. The average Bonchev–Trinajstić information content (AvgIpc) is 2.87. The molecule has 1 aromatic rings. The SMILES string of the molecule is O=C(O)C1CN(C(=O)[C@H]2CCCCN2)c2ccccc21. The number of hydrogen-bond donors (Lipinski definition) is 2. The van der Waals surface area contributed by atoms with Crippen molar-refractivity contribution < 1.29 is 14.7 Å². The van der Waals surface area contributed by atoms with Gasteiger partial charge in [-0.15, -0.1) is 0 Å². The van der Waals surface area contributed by atoms with Gasteiger partial charge in [0.25, 0.3) is 0 Å². The van der Waals surface area contributed by atoms with Gasteiger partial charge in [0.2, 0.25) is 5.91 Å². The molecule has 2 N–H and O–H groups in total. The zero-order chi connectivity index (χ0) is 14.1. The lowest BCUT2D eigenvalue weighted by Gasteiger charge is -2.27. The lowest BCUT2D eigenvalue weighted by atomic mass is 10.0. The molecule has 1 fully saturated rings. The summed E-state index contributed by atoms with van der Waals surface area (Å²) in [5.74, 6) is -1.48. The smallest absolute Gasteiger partial charge is 0.312 e. The minimum atomic E-state index is -0.871. The number of benzene rings is 1. The van der Waals surface area contributed by atoms with E-state index >= 15 is 0 Å². The summed E-state index contributed by atoms with van der Waals surface area (Å²) < 4.78 is 0. The molecule has 2 aliphatic rings. The lowest BCUT2D eigenvalue weighted by Crippen LogP contribution is -2.48. The van der Waals surface area contributed by atoms with E-state index in [2.05, 4.69) is 5.32 Å². The maximum absolute atomic E-state index is 12.6. The number of aliphatic carboxylic acids is 1. The predicted octanol–water partition coefficient (Wildman–Crippen LogP) is 1.34. The van der Waals surface area contributed by atoms with Crippen LogP contribution in [0.5, 0.6) is 0 Å². The number of piperidine rings is 1. The van der Waals surface area contributed by atoms with E-state index in [1.54, 1.807) is 11.0 Å². The number of carbonyl (C=O) groups is 2.